The van der Waals surface area contributed by atoms with Crippen LogP contribution in [-0.4, -0.2) is 7.11 Å². The van der Waals surface area contributed by atoms with E-state index in [2.05, 4.69) is 32.0 Å². The van der Waals surface area contributed by atoms with Gasteiger partial charge in [-0.3, -0.25) is 0 Å². The highest BCUT2D eigenvalue weighted by molar-refractivity contribution is 5.74. The van der Waals surface area contributed by atoms with Gasteiger partial charge in [0.2, 0.25) is 0 Å². The fraction of sp³-hybridized carbons (Fsp3) is 0.200. The van der Waals surface area contributed by atoms with E-state index < -0.39 is 0 Å². The lowest BCUT2D eigenvalue weighted by molar-refractivity contribution is 0.416. The monoisotopic (exact) mass is 227 g/mol. The molecule has 0 aliphatic carbocycles. The van der Waals surface area contributed by atoms with Gasteiger partial charge in [-0.25, -0.2) is 0 Å². The summed E-state index contributed by atoms with van der Waals surface area (Å²) in [5.41, 5.74) is 11.3. The zero-order valence-electron chi connectivity index (χ0n) is 10.4. The number of anilines is 1. The molecule has 0 heterocycles. The maximum Gasteiger partial charge on any atom is 0.126 e. The topological polar surface area (TPSA) is 35.2 Å². The third kappa shape index (κ3) is 2.26. The van der Waals surface area contributed by atoms with E-state index in [1.54, 1.807) is 7.11 Å². The van der Waals surface area contributed by atoms with E-state index in [9.17, 15) is 0 Å². The molecule has 0 amide bonds. The Morgan fingerprint density at radius 2 is 1.71 bits per heavy atom. The van der Waals surface area contributed by atoms with Crippen LogP contribution >= 0.6 is 0 Å². The molecule has 2 nitrogen and oxygen atoms in total. The van der Waals surface area contributed by atoms with Crippen molar-refractivity contribution < 1.29 is 4.74 Å². The van der Waals surface area contributed by atoms with Gasteiger partial charge in [0, 0.05) is 11.3 Å². The van der Waals surface area contributed by atoms with Crippen LogP contribution in [-0.2, 0) is 0 Å². The van der Waals surface area contributed by atoms with Gasteiger partial charge in [0.05, 0.1) is 7.11 Å². The second kappa shape index (κ2) is 4.50. The van der Waals surface area contributed by atoms with Gasteiger partial charge in [0.25, 0.3) is 0 Å². The highest BCUT2D eigenvalue weighted by atomic mass is 16.5. The Labute approximate surface area is 102 Å². The summed E-state index contributed by atoms with van der Waals surface area (Å²) in [5, 5.41) is 0. The number of hydrogen-bond acceptors (Lipinski definition) is 2. The van der Waals surface area contributed by atoms with Crippen LogP contribution in [0.4, 0.5) is 5.69 Å². The molecule has 2 aromatic rings. The highest BCUT2D eigenvalue weighted by Gasteiger charge is 2.07. The van der Waals surface area contributed by atoms with Crippen molar-refractivity contribution in [1.82, 2.24) is 0 Å². The lowest BCUT2D eigenvalue weighted by atomic mass is 9.99. The fourth-order valence-electron chi connectivity index (χ4n) is 1.86. The van der Waals surface area contributed by atoms with Crippen molar-refractivity contribution in [2.24, 2.45) is 0 Å². The van der Waals surface area contributed by atoms with Crippen molar-refractivity contribution in [2.75, 3.05) is 12.8 Å². The molecule has 2 aromatic carbocycles. The minimum absolute atomic E-state index is 0.749. The molecule has 0 saturated carbocycles. The van der Waals surface area contributed by atoms with E-state index in [1.807, 2.05) is 18.2 Å². The first-order chi connectivity index (χ1) is 8.11. The first kappa shape index (κ1) is 11.5. The smallest absolute Gasteiger partial charge is 0.126 e. The molecule has 88 valence electrons. The molecule has 0 unspecified atom stereocenters. The van der Waals surface area contributed by atoms with Crippen molar-refractivity contribution in [1.29, 1.82) is 0 Å². The summed E-state index contributed by atoms with van der Waals surface area (Å²) in [6.45, 7) is 4.22. The van der Waals surface area contributed by atoms with Crippen LogP contribution in [0, 0.1) is 13.8 Å². The summed E-state index contributed by atoms with van der Waals surface area (Å²) in [6.07, 6.45) is 0. The van der Waals surface area contributed by atoms with Crippen molar-refractivity contribution in [3.05, 3.63) is 47.5 Å². The standard InChI is InChI=1S/C15H17NO/c1-10-4-5-12(8-11(10)2)14-9-13(16)6-7-15(14)17-3/h4-9H,16H2,1-3H3. The summed E-state index contributed by atoms with van der Waals surface area (Å²) in [6, 6.07) is 12.1. The number of methoxy groups -OCH3 is 1. The van der Waals surface area contributed by atoms with E-state index >= 15 is 0 Å². The molecule has 0 saturated heterocycles. The first-order valence-electron chi connectivity index (χ1n) is 5.63. The molecule has 0 aliphatic rings. The third-order valence-electron chi connectivity index (χ3n) is 3.04. The number of hydrogen-bond donors (Lipinski definition) is 1. The van der Waals surface area contributed by atoms with Gasteiger partial charge in [-0.05, 0) is 48.7 Å². The minimum atomic E-state index is 0.749. The maximum atomic E-state index is 5.83. The van der Waals surface area contributed by atoms with E-state index in [-0.39, 0.29) is 0 Å². The molecule has 0 spiro atoms. The summed E-state index contributed by atoms with van der Waals surface area (Å²) < 4.78 is 5.37. The average molecular weight is 227 g/mol. The number of nitrogen functional groups attached to an aromatic ring is 1. The molecular formula is C15H17NO. The Morgan fingerprint density at radius 1 is 0.941 bits per heavy atom. The molecular weight excluding hydrogens is 210 g/mol. The van der Waals surface area contributed by atoms with E-state index in [0.717, 1.165) is 22.6 Å². The summed E-state index contributed by atoms with van der Waals surface area (Å²) >= 11 is 0. The van der Waals surface area contributed by atoms with E-state index in [4.69, 9.17) is 10.5 Å². The first-order valence-corrected chi connectivity index (χ1v) is 5.63. The molecule has 17 heavy (non-hydrogen) atoms. The zero-order valence-corrected chi connectivity index (χ0v) is 10.4. The van der Waals surface area contributed by atoms with Crippen LogP contribution in [0.2, 0.25) is 0 Å². The lowest BCUT2D eigenvalue weighted by Crippen LogP contribution is -1.92. The van der Waals surface area contributed by atoms with Crippen molar-refractivity contribution in [2.45, 2.75) is 13.8 Å². The molecule has 0 bridgehead atoms. The van der Waals surface area contributed by atoms with Gasteiger partial charge in [-0.15, -0.1) is 0 Å². The predicted molar refractivity (Wildman–Crippen MR) is 72.3 cm³/mol. The number of ether oxygens (including phenoxy) is 1. The molecule has 2 N–H and O–H groups in total. The Bertz CT molecular complexity index is 547. The van der Waals surface area contributed by atoms with Crippen molar-refractivity contribution >= 4 is 5.69 Å². The van der Waals surface area contributed by atoms with Gasteiger partial charge in [-0.2, -0.15) is 0 Å². The molecule has 0 radical (unpaired) electrons. The van der Waals surface area contributed by atoms with Crippen LogP contribution in [0.3, 0.4) is 0 Å². The number of nitrogens with two attached hydrogens (primary N) is 1. The average Bonchev–Trinajstić information content (AvgIpc) is 2.32. The molecule has 0 aliphatic heterocycles. The fourth-order valence-corrected chi connectivity index (χ4v) is 1.86. The van der Waals surface area contributed by atoms with Gasteiger partial charge in [-0.1, -0.05) is 18.2 Å². The normalized spacial score (nSPS) is 10.3. The lowest BCUT2D eigenvalue weighted by Gasteiger charge is -2.11. The van der Waals surface area contributed by atoms with Crippen LogP contribution in [0.5, 0.6) is 5.75 Å². The molecule has 0 atom stereocenters. The summed E-state index contributed by atoms with van der Waals surface area (Å²) in [4.78, 5) is 0. The highest BCUT2D eigenvalue weighted by Crippen LogP contribution is 2.32. The maximum absolute atomic E-state index is 5.83. The Morgan fingerprint density at radius 3 is 2.35 bits per heavy atom. The van der Waals surface area contributed by atoms with Gasteiger partial charge in [0.1, 0.15) is 5.75 Å². The number of rotatable bonds is 2. The SMILES string of the molecule is COc1ccc(N)cc1-c1ccc(C)c(C)c1. The van der Waals surface area contributed by atoms with Crippen molar-refractivity contribution in [3.63, 3.8) is 0 Å². The quantitative estimate of drug-likeness (QED) is 0.796. The Kier molecular flexibility index (Phi) is 3.05. The number of aryl methyl sites for hydroxylation is 2. The number of benzene rings is 2. The van der Waals surface area contributed by atoms with Crippen molar-refractivity contribution in [3.8, 4) is 16.9 Å². The minimum Gasteiger partial charge on any atom is -0.496 e. The van der Waals surface area contributed by atoms with Gasteiger partial charge < -0.3 is 10.5 Å². The van der Waals surface area contributed by atoms with Crippen LogP contribution in [0.15, 0.2) is 36.4 Å². The molecule has 2 rings (SSSR count). The van der Waals surface area contributed by atoms with E-state index in [1.165, 1.54) is 11.1 Å². The van der Waals surface area contributed by atoms with E-state index in [0.29, 0.717) is 0 Å². The van der Waals surface area contributed by atoms with Gasteiger partial charge >= 0.3 is 0 Å². The largest absolute Gasteiger partial charge is 0.496 e. The zero-order chi connectivity index (χ0) is 12.4. The summed E-state index contributed by atoms with van der Waals surface area (Å²) in [7, 11) is 1.68. The second-order valence-electron chi connectivity index (χ2n) is 4.26. The Hall–Kier alpha value is -1.96. The molecule has 2 heteroatoms. The summed E-state index contributed by atoms with van der Waals surface area (Å²) in [5.74, 6) is 0.849. The van der Waals surface area contributed by atoms with Crippen LogP contribution < -0.4 is 10.5 Å². The Balaban J connectivity index is 2.58. The van der Waals surface area contributed by atoms with Crippen LogP contribution in [0.1, 0.15) is 11.1 Å². The van der Waals surface area contributed by atoms with Crippen LogP contribution in [0.25, 0.3) is 11.1 Å². The van der Waals surface area contributed by atoms with Gasteiger partial charge in [0.15, 0.2) is 0 Å². The third-order valence-corrected chi connectivity index (χ3v) is 3.04. The second-order valence-corrected chi connectivity index (χ2v) is 4.26. The molecule has 0 fully saturated rings. The predicted octanol–water partition coefficient (Wildman–Crippen LogP) is 3.56. The molecule has 0 aromatic heterocycles.